The van der Waals surface area contributed by atoms with E-state index in [0.717, 1.165) is 5.56 Å². The number of nitro benzene ring substituents is 1. The topological polar surface area (TPSA) is 90.7 Å². The van der Waals surface area contributed by atoms with Gasteiger partial charge in [0.05, 0.1) is 24.7 Å². The first kappa shape index (κ1) is 18.4. The number of nitro groups is 1. The number of hydrogen-bond donors (Lipinski definition) is 1. The van der Waals surface area contributed by atoms with Gasteiger partial charge in [-0.25, -0.2) is 0 Å². The molecule has 1 N–H and O–H groups in total. The average Bonchev–Trinajstić information content (AvgIpc) is 2.59. The zero-order valence-electron chi connectivity index (χ0n) is 14.3. The standard InChI is InChI=1S/C18H20N2O5/c1-12(2)25-11-14-9-13(7-8-17(14)24-3)18(21)19-15-5-4-6-16(10-15)20(22)23/h4-10,12H,11H2,1-3H3,(H,19,21). The summed E-state index contributed by atoms with van der Waals surface area (Å²) in [4.78, 5) is 22.7. The Balaban J connectivity index is 2.19. The van der Waals surface area contributed by atoms with Crippen molar-refractivity contribution in [3.63, 3.8) is 0 Å². The molecule has 0 aliphatic rings. The van der Waals surface area contributed by atoms with Crippen molar-refractivity contribution in [1.29, 1.82) is 0 Å². The van der Waals surface area contributed by atoms with Crippen LogP contribution in [0, 0.1) is 10.1 Å². The van der Waals surface area contributed by atoms with Gasteiger partial charge in [0.2, 0.25) is 0 Å². The molecule has 1 amide bonds. The van der Waals surface area contributed by atoms with E-state index < -0.39 is 4.92 Å². The van der Waals surface area contributed by atoms with Crippen LogP contribution in [0.3, 0.4) is 0 Å². The van der Waals surface area contributed by atoms with Crippen LogP contribution in [0.4, 0.5) is 11.4 Å². The van der Waals surface area contributed by atoms with E-state index in [-0.39, 0.29) is 17.7 Å². The monoisotopic (exact) mass is 344 g/mol. The minimum Gasteiger partial charge on any atom is -0.496 e. The van der Waals surface area contributed by atoms with E-state index in [1.54, 1.807) is 31.4 Å². The molecule has 0 fully saturated rings. The van der Waals surface area contributed by atoms with Crippen LogP contribution in [0.15, 0.2) is 42.5 Å². The van der Waals surface area contributed by atoms with Crippen molar-refractivity contribution in [1.82, 2.24) is 0 Å². The van der Waals surface area contributed by atoms with Crippen molar-refractivity contribution in [3.8, 4) is 5.75 Å². The van der Waals surface area contributed by atoms with Crippen molar-refractivity contribution in [2.75, 3.05) is 12.4 Å². The third-order valence-electron chi connectivity index (χ3n) is 3.43. The smallest absolute Gasteiger partial charge is 0.271 e. The summed E-state index contributed by atoms with van der Waals surface area (Å²) < 4.78 is 10.9. The van der Waals surface area contributed by atoms with Gasteiger partial charge in [-0.2, -0.15) is 0 Å². The maximum Gasteiger partial charge on any atom is 0.271 e. The first-order valence-corrected chi connectivity index (χ1v) is 7.75. The Labute approximate surface area is 145 Å². The molecule has 0 saturated heterocycles. The minimum absolute atomic E-state index is 0.0482. The van der Waals surface area contributed by atoms with Gasteiger partial charge in [0.15, 0.2) is 0 Å². The van der Waals surface area contributed by atoms with Crippen molar-refractivity contribution >= 4 is 17.3 Å². The SMILES string of the molecule is COc1ccc(C(=O)Nc2cccc([N+](=O)[O-])c2)cc1COC(C)C. The van der Waals surface area contributed by atoms with E-state index in [1.165, 1.54) is 18.2 Å². The maximum absolute atomic E-state index is 12.4. The quantitative estimate of drug-likeness (QED) is 0.610. The Bertz CT molecular complexity index is 774. The molecule has 0 heterocycles. The van der Waals surface area contributed by atoms with Crippen LogP contribution in [0.1, 0.15) is 29.8 Å². The highest BCUT2D eigenvalue weighted by atomic mass is 16.6. The summed E-state index contributed by atoms with van der Waals surface area (Å²) in [7, 11) is 1.55. The van der Waals surface area contributed by atoms with Gasteiger partial charge < -0.3 is 14.8 Å². The van der Waals surface area contributed by atoms with E-state index in [1.807, 2.05) is 13.8 Å². The third kappa shape index (κ3) is 5.02. The van der Waals surface area contributed by atoms with E-state index in [9.17, 15) is 14.9 Å². The van der Waals surface area contributed by atoms with Gasteiger partial charge in [-0.05, 0) is 38.1 Å². The van der Waals surface area contributed by atoms with Crippen molar-refractivity contribution < 1.29 is 19.2 Å². The Morgan fingerprint density at radius 2 is 2.00 bits per heavy atom. The largest absolute Gasteiger partial charge is 0.496 e. The summed E-state index contributed by atoms with van der Waals surface area (Å²) in [6.45, 7) is 4.16. The van der Waals surface area contributed by atoms with Crippen molar-refractivity contribution in [3.05, 3.63) is 63.7 Å². The van der Waals surface area contributed by atoms with Gasteiger partial charge in [0.1, 0.15) is 5.75 Å². The molecule has 0 unspecified atom stereocenters. The Morgan fingerprint density at radius 1 is 1.24 bits per heavy atom. The number of non-ortho nitro benzene ring substituents is 1. The lowest BCUT2D eigenvalue weighted by Gasteiger charge is -2.13. The van der Waals surface area contributed by atoms with Crippen LogP contribution in [-0.2, 0) is 11.3 Å². The molecular formula is C18H20N2O5. The van der Waals surface area contributed by atoms with Crippen molar-refractivity contribution in [2.24, 2.45) is 0 Å². The number of carbonyl (C=O) groups is 1. The van der Waals surface area contributed by atoms with Crippen LogP contribution in [0.25, 0.3) is 0 Å². The number of hydrogen-bond acceptors (Lipinski definition) is 5. The predicted molar refractivity (Wildman–Crippen MR) is 94.0 cm³/mol. The lowest BCUT2D eigenvalue weighted by atomic mass is 10.1. The number of nitrogens with zero attached hydrogens (tertiary/aromatic N) is 1. The average molecular weight is 344 g/mol. The molecule has 7 heteroatoms. The van der Waals surface area contributed by atoms with Crippen molar-refractivity contribution in [2.45, 2.75) is 26.6 Å². The summed E-state index contributed by atoms with van der Waals surface area (Å²) in [6.07, 6.45) is 0.0482. The highest BCUT2D eigenvalue weighted by molar-refractivity contribution is 6.04. The second-order valence-corrected chi connectivity index (χ2v) is 5.65. The zero-order chi connectivity index (χ0) is 18.4. The molecule has 7 nitrogen and oxygen atoms in total. The number of carbonyl (C=O) groups excluding carboxylic acids is 1. The highest BCUT2D eigenvalue weighted by Gasteiger charge is 2.13. The molecule has 0 aliphatic heterocycles. The van der Waals surface area contributed by atoms with Crippen LogP contribution in [-0.4, -0.2) is 24.0 Å². The maximum atomic E-state index is 12.4. The molecule has 0 aromatic heterocycles. The lowest BCUT2D eigenvalue weighted by Crippen LogP contribution is -2.13. The first-order chi connectivity index (χ1) is 11.9. The zero-order valence-corrected chi connectivity index (χ0v) is 14.3. The second-order valence-electron chi connectivity index (χ2n) is 5.65. The molecule has 25 heavy (non-hydrogen) atoms. The third-order valence-corrected chi connectivity index (χ3v) is 3.43. The van der Waals surface area contributed by atoms with Gasteiger partial charge in [-0.3, -0.25) is 14.9 Å². The predicted octanol–water partition coefficient (Wildman–Crippen LogP) is 3.78. The minimum atomic E-state index is -0.510. The molecular weight excluding hydrogens is 324 g/mol. The van der Waals surface area contributed by atoms with Gasteiger partial charge in [-0.15, -0.1) is 0 Å². The molecule has 0 bridgehead atoms. The number of rotatable bonds is 7. The Hall–Kier alpha value is -2.93. The molecule has 0 atom stereocenters. The number of amides is 1. The molecule has 132 valence electrons. The van der Waals surface area contributed by atoms with Gasteiger partial charge >= 0.3 is 0 Å². The number of benzene rings is 2. The summed E-state index contributed by atoms with van der Waals surface area (Å²) in [5.41, 5.74) is 1.44. The number of nitrogens with one attached hydrogen (secondary N) is 1. The fourth-order valence-corrected chi connectivity index (χ4v) is 2.19. The summed E-state index contributed by atoms with van der Waals surface area (Å²) in [5, 5.41) is 13.5. The van der Waals surface area contributed by atoms with Crippen LogP contribution < -0.4 is 10.1 Å². The lowest BCUT2D eigenvalue weighted by molar-refractivity contribution is -0.384. The Morgan fingerprint density at radius 3 is 2.64 bits per heavy atom. The first-order valence-electron chi connectivity index (χ1n) is 7.75. The second kappa shape index (κ2) is 8.25. The summed E-state index contributed by atoms with van der Waals surface area (Å²) in [5.74, 6) is 0.265. The molecule has 2 aromatic carbocycles. The molecule has 0 spiro atoms. The van der Waals surface area contributed by atoms with Crippen LogP contribution in [0.5, 0.6) is 5.75 Å². The van der Waals surface area contributed by atoms with Crippen LogP contribution >= 0.6 is 0 Å². The van der Waals surface area contributed by atoms with E-state index in [0.29, 0.717) is 23.6 Å². The molecule has 2 aromatic rings. The van der Waals surface area contributed by atoms with E-state index in [2.05, 4.69) is 5.32 Å². The molecule has 2 rings (SSSR count). The van der Waals surface area contributed by atoms with E-state index in [4.69, 9.17) is 9.47 Å². The molecule has 0 saturated carbocycles. The Kier molecular flexibility index (Phi) is 6.08. The normalized spacial score (nSPS) is 10.6. The number of anilines is 1. The summed E-state index contributed by atoms with van der Waals surface area (Å²) in [6, 6.07) is 10.8. The summed E-state index contributed by atoms with van der Waals surface area (Å²) >= 11 is 0. The fourth-order valence-electron chi connectivity index (χ4n) is 2.19. The number of ether oxygens (including phenoxy) is 2. The number of methoxy groups -OCH3 is 1. The van der Waals surface area contributed by atoms with Gasteiger partial charge in [0.25, 0.3) is 11.6 Å². The highest BCUT2D eigenvalue weighted by Crippen LogP contribution is 2.23. The fraction of sp³-hybridized carbons (Fsp3) is 0.278. The van der Waals surface area contributed by atoms with E-state index >= 15 is 0 Å². The van der Waals surface area contributed by atoms with Gasteiger partial charge in [0, 0.05) is 28.9 Å². The molecule has 0 aliphatic carbocycles. The molecule has 0 radical (unpaired) electrons. The van der Waals surface area contributed by atoms with Crippen LogP contribution in [0.2, 0.25) is 0 Å². The van der Waals surface area contributed by atoms with Gasteiger partial charge in [-0.1, -0.05) is 6.07 Å².